The van der Waals surface area contributed by atoms with Gasteiger partial charge < -0.3 is 10.2 Å². The lowest BCUT2D eigenvalue weighted by atomic mass is 9.94. The fourth-order valence-corrected chi connectivity index (χ4v) is 6.14. The molecule has 8 heteroatoms. The van der Waals surface area contributed by atoms with Gasteiger partial charge in [0.25, 0.3) is 0 Å². The van der Waals surface area contributed by atoms with Crippen molar-refractivity contribution in [3.05, 3.63) is 133 Å². The van der Waals surface area contributed by atoms with Crippen LogP contribution in [0.25, 0.3) is 56.2 Å². The van der Waals surface area contributed by atoms with Gasteiger partial charge in [-0.25, -0.2) is 19.1 Å². The molecule has 0 fully saturated rings. The summed E-state index contributed by atoms with van der Waals surface area (Å²) in [7, 11) is 2.00. The van der Waals surface area contributed by atoms with Gasteiger partial charge in [0.05, 0.1) is 11.4 Å². The van der Waals surface area contributed by atoms with Gasteiger partial charge in [0.15, 0.2) is 30.6 Å². The molecular weight excluding hydrogens is 636 g/mol. The molecule has 256 valence electrons. The predicted octanol–water partition coefficient (Wildman–Crippen LogP) is 7.89. The van der Waals surface area contributed by atoms with E-state index in [1.165, 1.54) is 0 Å². The molecule has 0 radical (unpaired) electrons. The molecule has 0 amide bonds. The number of rotatable bonds is 14. The Kier molecular flexibility index (Phi) is 11.0. The van der Waals surface area contributed by atoms with Crippen molar-refractivity contribution in [1.29, 1.82) is 0 Å². The summed E-state index contributed by atoms with van der Waals surface area (Å²) in [6.45, 7) is 2.88. The summed E-state index contributed by atoms with van der Waals surface area (Å²) in [5.74, 6) is -1.04. The summed E-state index contributed by atoms with van der Waals surface area (Å²) in [6.07, 6.45) is 11.1. The summed E-state index contributed by atoms with van der Waals surface area (Å²) >= 11 is 0. The molecule has 6 aromatic rings. The van der Waals surface area contributed by atoms with Crippen molar-refractivity contribution < 1.29 is 28.9 Å². The van der Waals surface area contributed by atoms with Crippen LogP contribution in [0.15, 0.2) is 122 Å². The molecule has 0 unspecified atom stereocenters. The quantitative estimate of drug-likeness (QED) is 0.0896. The molecule has 0 spiro atoms. The van der Waals surface area contributed by atoms with E-state index < -0.39 is 11.9 Å². The highest BCUT2D eigenvalue weighted by atomic mass is 16.4. The first-order chi connectivity index (χ1) is 24.7. The highest BCUT2D eigenvalue weighted by molar-refractivity contribution is 5.79. The minimum Gasteiger partial charge on any atom is -0.481 e. The zero-order chi connectivity index (χ0) is 35.7. The number of carboxylic acids is 2. The third-order valence-corrected chi connectivity index (χ3v) is 9.07. The minimum atomic E-state index is -0.873. The van der Waals surface area contributed by atoms with Gasteiger partial charge in [-0.05, 0) is 48.4 Å². The van der Waals surface area contributed by atoms with Crippen molar-refractivity contribution in [2.75, 3.05) is 0 Å². The molecule has 3 aromatic carbocycles. The Morgan fingerprint density at radius 1 is 0.549 bits per heavy atom. The van der Waals surface area contributed by atoms with Crippen LogP contribution in [0, 0.1) is 6.92 Å². The fraction of sp³-hybridized carbons (Fsp3) is 0.209. The molecule has 6 rings (SSSR count). The van der Waals surface area contributed by atoms with E-state index in [1.54, 1.807) is 0 Å². The van der Waals surface area contributed by atoms with Gasteiger partial charge in [0.2, 0.25) is 0 Å². The molecule has 8 nitrogen and oxygen atoms in total. The lowest BCUT2D eigenvalue weighted by Gasteiger charge is -2.17. The number of nitrogens with zero attached hydrogens (tertiary/aromatic N) is 4. The Balaban J connectivity index is 1.35. The Morgan fingerprint density at radius 2 is 1.00 bits per heavy atom. The van der Waals surface area contributed by atoms with Crippen molar-refractivity contribution in [3.63, 3.8) is 0 Å². The Morgan fingerprint density at radius 3 is 1.53 bits per heavy atom. The molecule has 0 aliphatic rings. The summed E-state index contributed by atoms with van der Waals surface area (Å²) in [5, 5.41) is 18.6. The minimum absolute atomic E-state index is 0.0419. The number of carbonyl (C=O) groups is 2. The average Bonchev–Trinajstić information content (AvgIpc) is 3.14. The van der Waals surface area contributed by atoms with Crippen LogP contribution in [0.1, 0.15) is 43.2 Å². The van der Waals surface area contributed by atoms with E-state index in [2.05, 4.69) is 65.5 Å². The number of carboxylic acid groups (broad SMARTS) is 2. The van der Waals surface area contributed by atoms with Crippen LogP contribution in [0.5, 0.6) is 0 Å². The Hall–Kier alpha value is -6.02. The number of aryl methyl sites for hydroxylation is 3. The third kappa shape index (κ3) is 8.97. The lowest BCUT2D eigenvalue weighted by Crippen LogP contribution is -2.32. The molecule has 0 saturated heterocycles. The number of hydrogen-bond donors (Lipinski definition) is 2. The number of benzene rings is 3. The summed E-state index contributed by atoms with van der Waals surface area (Å²) in [5.41, 5.74) is 10.4. The van der Waals surface area contributed by atoms with Crippen molar-refractivity contribution in [1.82, 2.24) is 9.97 Å². The number of aliphatic carboxylic acids is 2. The molecule has 0 atom stereocenters. The van der Waals surface area contributed by atoms with Crippen LogP contribution in [-0.2, 0) is 29.6 Å². The number of hydrogen-bond acceptors (Lipinski definition) is 4. The maximum Gasteiger partial charge on any atom is 0.303 e. The molecule has 0 aliphatic heterocycles. The molecule has 51 heavy (non-hydrogen) atoms. The van der Waals surface area contributed by atoms with Gasteiger partial charge in [-0.3, -0.25) is 9.59 Å². The highest BCUT2D eigenvalue weighted by Crippen LogP contribution is 2.35. The lowest BCUT2D eigenvalue weighted by molar-refractivity contribution is -0.697. The van der Waals surface area contributed by atoms with Crippen LogP contribution in [0.3, 0.4) is 0 Å². The second kappa shape index (κ2) is 16.1. The number of pyridine rings is 2. The van der Waals surface area contributed by atoms with Gasteiger partial charge in [0, 0.05) is 65.8 Å². The van der Waals surface area contributed by atoms with Crippen LogP contribution < -0.4 is 9.13 Å². The second-order valence-corrected chi connectivity index (χ2v) is 12.9. The molecular formula is C43H42N4O4+2. The summed E-state index contributed by atoms with van der Waals surface area (Å²) in [6, 6.07) is 33.0. The molecule has 0 saturated carbocycles. The van der Waals surface area contributed by atoms with Crippen LogP contribution in [0.2, 0.25) is 0 Å². The van der Waals surface area contributed by atoms with Crippen molar-refractivity contribution in [2.45, 2.75) is 52.0 Å². The van der Waals surface area contributed by atoms with E-state index in [0.717, 1.165) is 80.8 Å². The fourth-order valence-electron chi connectivity index (χ4n) is 6.14. The van der Waals surface area contributed by atoms with E-state index >= 15 is 0 Å². The van der Waals surface area contributed by atoms with E-state index in [-0.39, 0.29) is 19.3 Å². The van der Waals surface area contributed by atoms with Crippen molar-refractivity contribution in [2.24, 2.45) is 7.05 Å². The maximum absolute atomic E-state index is 11.8. The zero-order valence-corrected chi connectivity index (χ0v) is 29.0. The standard InChI is InChI=1S/C43H40N4O4/c1-30-7-9-35(10-8-30)41-38(19-20-40(50)51)42(45-43(44-41)37-17-13-32(14-18-37)33-21-26-46(2)27-22-33)36-15-11-31(12-16-36)34-23-28-47(29-24-34)25-5-3-4-6-39(48)49/h7-18,21-24,26-29H,3-6,19-20,25H2,1-2H3/p+2. The number of unbranched alkanes of at least 4 members (excludes halogenated alkanes) is 2. The largest absolute Gasteiger partial charge is 0.481 e. The summed E-state index contributed by atoms with van der Waals surface area (Å²) < 4.78 is 4.12. The van der Waals surface area contributed by atoms with Crippen LogP contribution in [-0.4, -0.2) is 32.1 Å². The van der Waals surface area contributed by atoms with E-state index in [0.29, 0.717) is 12.2 Å². The molecule has 3 aromatic heterocycles. The topological polar surface area (TPSA) is 108 Å². The van der Waals surface area contributed by atoms with Gasteiger partial charge in [-0.2, -0.15) is 0 Å². The van der Waals surface area contributed by atoms with Gasteiger partial charge in [-0.1, -0.05) is 78.4 Å². The first-order valence-corrected chi connectivity index (χ1v) is 17.3. The van der Waals surface area contributed by atoms with Crippen molar-refractivity contribution >= 4 is 11.9 Å². The molecule has 3 heterocycles. The van der Waals surface area contributed by atoms with Crippen LogP contribution in [0.4, 0.5) is 0 Å². The summed E-state index contributed by atoms with van der Waals surface area (Å²) in [4.78, 5) is 32.8. The zero-order valence-electron chi connectivity index (χ0n) is 29.0. The smallest absolute Gasteiger partial charge is 0.303 e. The molecule has 0 aliphatic carbocycles. The highest BCUT2D eigenvalue weighted by Gasteiger charge is 2.20. The molecule has 2 N–H and O–H groups in total. The second-order valence-electron chi connectivity index (χ2n) is 12.9. The third-order valence-electron chi connectivity index (χ3n) is 9.07. The predicted molar refractivity (Wildman–Crippen MR) is 197 cm³/mol. The van der Waals surface area contributed by atoms with E-state index in [4.69, 9.17) is 15.1 Å². The average molecular weight is 679 g/mol. The van der Waals surface area contributed by atoms with Gasteiger partial charge in [0.1, 0.15) is 13.6 Å². The number of aromatic nitrogens is 4. The molecule has 0 bridgehead atoms. The van der Waals surface area contributed by atoms with E-state index in [9.17, 15) is 14.7 Å². The monoisotopic (exact) mass is 678 g/mol. The Bertz CT molecular complexity index is 2110. The van der Waals surface area contributed by atoms with Crippen LogP contribution >= 0.6 is 0 Å². The first kappa shape index (κ1) is 34.8. The van der Waals surface area contributed by atoms with E-state index in [1.807, 2.05) is 79.5 Å². The Labute approximate surface area is 298 Å². The van der Waals surface area contributed by atoms with Gasteiger partial charge >= 0.3 is 11.9 Å². The maximum atomic E-state index is 11.8. The van der Waals surface area contributed by atoms with Gasteiger partial charge in [-0.15, -0.1) is 0 Å². The SMILES string of the molecule is Cc1ccc(-c2nc(-c3ccc(-c4cc[n+](C)cc4)cc3)nc(-c3ccc(-c4cc[n+](CCCCCC(=O)O)cc4)cc3)c2CCC(=O)O)cc1. The van der Waals surface area contributed by atoms with Crippen molar-refractivity contribution in [3.8, 4) is 56.2 Å². The normalized spacial score (nSPS) is 11.0. The first-order valence-electron chi connectivity index (χ1n) is 17.3.